The van der Waals surface area contributed by atoms with Crippen molar-refractivity contribution in [1.82, 2.24) is 5.06 Å². The molecule has 4 heteroatoms. The Hall–Kier alpha value is -1.45. The van der Waals surface area contributed by atoms with Crippen molar-refractivity contribution >= 4 is 6.09 Å². The van der Waals surface area contributed by atoms with Crippen LogP contribution >= 0.6 is 0 Å². The Bertz CT molecular complexity index is 136. The molecule has 1 amide bonds. The SMILES string of the molecule is C=C.C=CON(C)C(=O)OCC. The first-order valence-electron chi connectivity index (χ1n) is 3.40. The van der Waals surface area contributed by atoms with Crippen molar-refractivity contribution in [3.05, 3.63) is 26.0 Å². The van der Waals surface area contributed by atoms with E-state index in [1.165, 1.54) is 7.05 Å². The minimum atomic E-state index is -0.526. The van der Waals surface area contributed by atoms with E-state index in [0.29, 0.717) is 6.61 Å². The summed E-state index contributed by atoms with van der Waals surface area (Å²) in [5, 5.41) is 0.955. The van der Waals surface area contributed by atoms with Crippen molar-refractivity contribution in [3.8, 4) is 0 Å². The quantitative estimate of drug-likeness (QED) is 0.372. The van der Waals surface area contributed by atoms with Gasteiger partial charge in [0.05, 0.1) is 13.7 Å². The van der Waals surface area contributed by atoms with Crippen LogP contribution in [0.5, 0.6) is 0 Å². The third-order valence-electron chi connectivity index (χ3n) is 0.758. The second-order valence-corrected chi connectivity index (χ2v) is 1.47. The van der Waals surface area contributed by atoms with Crippen LogP contribution in [-0.4, -0.2) is 24.8 Å². The molecule has 0 aromatic heterocycles. The van der Waals surface area contributed by atoms with Gasteiger partial charge in [0.15, 0.2) is 0 Å². The van der Waals surface area contributed by atoms with Gasteiger partial charge in [0, 0.05) is 0 Å². The minimum absolute atomic E-state index is 0.337. The number of nitrogens with zero attached hydrogens (tertiary/aromatic N) is 1. The largest absolute Gasteiger partial charge is 0.448 e. The predicted molar refractivity (Wildman–Crippen MR) is 47.3 cm³/mol. The molecule has 0 heterocycles. The van der Waals surface area contributed by atoms with E-state index >= 15 is 0 Å². The number of carbonyl (C=O) groups is 1. The lowest BCUT2D eigenvalue weighted by Gasteiger charge is -2.12. The molecule has 0 aliphatic rings. The van der Waals surface area contributed by atoms with Crippen LogP contribution in [0.3, 0.4) is 0 Å². The lowest BCUT2D eigenvalue weighted by molar-refractivity contribution is -0.0634. The molecule has 70 valence electrons. The molecule has 0 fully saturated rings. The van der Waals surface area contributed by atoms with Crippen molar-refractivity contribution < 1.29 is 14.4 Å². The Kier molecular flexibility index (Phi) is 10.5. The fraction of sp³-hybridized carbons (Fsp3) is 0.375. The summed E-state index contributed by atoms with van der Waals surface area (Å²) in [4.78, 5) is 15.2. The molecular weight excluding hydrogens is 158 g/mol. The highest BCUT2D eigenvalue weighted by atomic mass is 16.7. The molecule has 0 aromatic carbocycles. The number of amides is 1. The van der Waals surface area contributed by atoms with Gasteiger partial charge in [-0.25, -0.2) is 4.79 Å². The summed E-state index contributed by atoms with van der Waals surface area (Å²) in [7, 11) is 1.44. The molecule has 12 heavy (non-hydrogen) atoms. The smallest absolute Gasteiger partial charge is 0.442 e. The van der Waals surface area contributed by atoms with Gasteiger partial charge in [0.2, 0.25) is 0 Å². The molecule has 0 aliphatic carbocycles. The molecule has 0 bridgehead atoms. The summed E-state index contributed by atoms with van der Waals surface area (Å²) >= 11 is 0. The van der Waals surface area contributed by atoms with Crippen molar-refractivity contribution in [2.45, 2.75) is 6.92 Å². The van der Waals surface area contributed by atoms with Gasteiger partial charge in [-0.2, -0.15) is 0 Å². The molecule has 0 radical (unpaired) electrons. The monoisotopic (exact) mass is 173 g/mol. The van der Waals surface area contributed by atoms with Crippen LogP contribution in [0, 0.1) is 0 Å². The predicted octanol–water partition coefficient (Wildman–Crippen LogP) is 1.95. The summed E-state index contributed by atoms with van der Waals surface area (Å²) in [6.07, 6.45) is 0.624. The Morgan fingerprint density at radius 1 is 1.58 bits per heavy atom. The molecular formula is C8H15NO3. The standard InChI is InChI=1S/C6H11NO3.C2H4/c1-4-9-6(8)7(3)10-5-2;1-2/h5H,2,4H2,1,3H3;1-2H2. The van der Waals surface area contributed by atoms with Crippen LogP contribution in [0.2, 0.25) is 0 Å². The molecule has 0 spiro atoms. The second kappa shape index (κ2) is 9.55. The molecule has 0 rings (SSSR count). The second-order valence-electron chi connectivity index (χ2n) is 1.47. The highest BCUT2D eigenvalue weighted by molar-refractivity contribution is 5.65. The van der Waals surface area contributed by atoms with Gasteiger partial charge in [0.25, 0.3) is 0 Å². The van der Waals surface area contributed by atoms with E-state index in [-0.39, 0.29) is 0 Å². The number of rotatable bonds is 3. The van der Waals surface area contributed by atoms with Crippen molar-refractivity contribution in [2.75, 3.05) is 13.7 Å². The molecule has 0 saturated heterocycles. The van der Waals surface area contributed by atoms with Gasteiger partial charge in [0.1, 0.15) is 6.26 Å². The average Bonchev–Trinajstić information content (AvgIpc) is 2.09. The number of hydrogen-bond acceptors (Lipinski definition) is 3. The highest BCUT2D eigenvalue weighted by Crippen LogP contribution is 1.90. The minimum Gasteiger partial charge on any atom is -0.448 e. The maximum Gasteiger partial charge on any atom is 0.442 e. The van der Waals surface area contributed by atoms with E-state index in [0.717, 1.165) is 11.3 Å². The van der Waals surface area contributed by atoms with Crippen molar-refractivity contribution in [2.24, 2.45) is 0 Å². The lowest BCUT2D eigenvalue weighted by atomic mass is 10.9. The van der Waals surface area contributed by atoms with Crippen LogP contribution in [-0.2, 0) is 9.57 Å². The zero-order valence-electron chi connectivity index (χ0n) is 7.58. The van der Waals surface area contributed by atoms with Crippen LogP contribution in [0.25, 0.3) is 0 Å². The normalized spacial score (nSPS) is 7.17. The molecule has 0 aromatic rings. The highest BCUT2D eigenvalue weighted by Gasteiger charge is 2.06. The van der Waals surface area contributed by atoms with Gasteiger partial charge in [-0.05, 0) is 6.92 Å². The fourth-order valence-electron chi connectivity index (χ4n) is 0.369. The molecule has 0 saturated carbocycles. The molecule has 0 atom stereocenters. The summed E-state index contributed by atoms with van der Waals surface area (Å²) in [6.45, 7) is 11.3. The third kappa shape index (κ3) is 6.67. The maximum absolute atomic E-state index is 10.7. The molecule has 0 unspecified atom stereocenters. The Balaban J connectivity index is 0. The number of hydroxylamine groups is 2. The summed E-state index contributed by atoms with van der Waals surface area (Å²) in [5.74, 6) is 0. The summed E-state index contributed by atoms with van der Waals surface area (Å²) in [6, 6.07) is 0. The van der Waals surface area contributed by atoms with Gasteiger partial charge in [-0.1, -0.05) is 6.58 Å². The average molecular weight is 173 g/mol. The van der Waals surface area contributed by atoms with Gasteiger partial charge >= 0.3 is 6.09 Å². The van der Waals surface area contributed by atoms with E-state index in [1.807, 2.05) is 0 Å². The molecule has 4 nitrogen and oxygen atoms in total. The number of carbonyl (C=O) groups excluding carboxylic acids is 1. The first-order chi connectivity index (χ1) is 5.72. The first-order valence-corrected chi connectivity index (χ1v) is 3.40. The van der Waals surface area contributed by atoms with E-state index in [9.17, 15) is 4.79 Å². The molecule has 0 N–H and O–H groups in total. The summed E-state index contributed by atoms with van der Waals surface area (Å²) in [5.41, 5.74) is 0. The summed E-state index contributed by atoms with van der Waals surface area (Å²) < 4.78 is 4.57. The van der Waals surface area contributed by atoms with Gasteiger partial charge in [-0.3, -0.25) is 0 Å². The first kappa shape index (κ1) is 13.2. The van der Waals surface area contributed by atoms with E-state index in [1.54, 1.807) is 6.92 Å². The van der Waals surface area contributed by atoms with Crippen molar-refractivity contribution in [1.29, 1.82) is 0 Å². The number of hydrogen-bond donors (Lipinski definition) is 0. The van der Waals surface area contributed by atoms with Gasteiger partial charge in [-0.15, -0.1) is 18.2 Å². The fourth-order valence-corrected chi connectivity index (χ4v) is 0.369. The maximum atomic E-state index is 10.7. The lowest BCUT2D eigenvalue weighted by Crippen LogP contribution is -2.25. The van der Waals surface area contributed by atoms with E-state index < -0.39 is 6.09 Å². The molecule has 0 aliphatic heterocycles. The Morgan fingerprint density at radius 2 is 2.08 bits per heavy atom. The zero-order chi connectivity index (χ0) is 9.98. The van der Waals surface area contributed by atoms with Crippen LogP contribution in [0.1, 0.15) is 6.92 Å². The zero-order valence-corrected chi connectivity index (χ0v) is 7.58. The third-order valence-corrected chi connectivity index (χ3v) is 0.758. The Morgan fingerprint density at radius 3 is 2.42 bits per heavy atom. The topological polar surface area (TPSA) is 38.8 Å². The van der Waals surface area contributed by atoms with E-state index in [2.05, 4.69) is 29.3 Å². The number of ether oxygens (including phenoxy) is 1. The Labute approximate surface area is 73.0 Å². The van der Waals surface area contributed by atoms with Crippen LogP contribution in [0.15, 0.2) is 26.0 Å². The van der Waals surface area contributed by atoms with Gasteiger partial charge < -0.3 is 9.57 Å². The van der Waals surface area contributed by atoms with E-state index in [4.69, 9.17) is 0 Å². The van der Waals surface area contributed by atoms with Crippen LogP contribution < -0.4 is 0 Å². The van der Waals surface area contributed by atoms with Crippen LogP contribution in [0.4, 0.5) is 4.79 Å². The van der Waals surface area contributed by atoms with Crippen molar-refractivity contribution in [3.63, 3.8) is 0 Å².